The Morgan fingerprint density at radius 1 is 1.11 bits per heavy atom. The van der Waals surface area contributed by atoms with Gasteiger partial charge in [-0.15, -0.1) is 0 Å². The Kier molecular flexibility index (Phi) is 8.18. The van der Waals surface area contributed by atoms with Crippen molar-refractivity contribution in [2.24, 2.45) is 11.8 Å². The molecule has 0 spiro atoms. The fraction of sp³-hybridized carbons (Fsp3) is 0.640. The van der Waals surface area contributed by atoms with Crippen LogP contribution < -0.4 is 10.6 Å². The number of alkyl halides is 5. The molecule has 0 unspecified atom stereocenters. The molecule has 206 valence electrons. The summed E-state index contributed by atoms with van der Waals surface area (Å²) in [5.74, 6) is -4.24. The minimum absolute atomic E-state index is 0.0606. The summed E-state index contributed by atoms with van der Waals surface area (Å²) in [5.41, 5.74) is 1.39. The number of nitrogens with one attached hydrogen (secondary N) is 2. The Labute approximate surface area is 216 Å². The van der Waals surface area contributed by atoms with Crippen molar-refractivity contribution in [3.63, 3.8) is 0 Å². The van der Waals surface area contributed by atoms with E-state index in [1.165, 1.54) is 10.7 Å². The zero-order chi connectivity index (χ0) is 27.5. The van der Waals surface area contributed by atoms with Crippen molar-refractivity contribution in [3.8, 4) is 6.07 Å². The molecule has 8 nitrogen and oxygen atoms in total. The van der Waals surface area contributed by atoms with E-state index in [0.29, 0.717) is 16.9 Å². The van der Waals surface area contributed by atoms with E-state index in [1.54, 1.807) is 18.3 Å². The average Bonchev–Trinajstić information content (AvgIpc) is 3.23. The first kappa shape index (κ1) is 27.7. The molecule has 2 fully saturated rings. The number of carbonyl (C=O) groups is 2. The maximum Gasteiger partial charge on any atom is 0.389 e. The molecule has 2 aromatic rings. The van der Waals surface area contributed by atoms with Crippen LogP contribution in [0.1, 0.15) is 87.5 Å². The summed E-state index contributed by atoms with van der Waals surface area (Å²) in [6.45, 7) is 0. The van der Waals surface area contributed by atoms with Crippen molar-refractivity contribution in [2.75, 3.05) is 0 Å². The van der Waals surface area contributed by atoms with Crippen LogP contribution in [0.3, 0.4) is 0 Å². The first-order chi connectivity index (χ1) is 17.9. The van der Waals surface area contributed by atoms with Gasteiger partial charge in [-0.3, -0.25) is 9.59 Å². The normalized spacial score (nSPS) is 19.8. The fourth-order valence-electron chi connectivity index (χ4n) is 5.10. The monoisotopic (exact) mass is 540 g/mol. The third-order valence-corrected chi connectivity index (χ3v) is 7.40. The molecule has 4 rings (SSSR count). The predicted octanol–water partition coefficient (Wildman–Crippen LogP) is 4.93. The molecule has 0 bridgehead atoms. The number of nitrogens with zero attached hydrogens (tertiary/aromatic N) is 4. The van der Waals surface area contributed by atoms with Crippen molar-refractivity contribution in [2.45, 2.75) is 88.4 Å². The third kappa shape index (κ3) is 6.96. The Hall–Kier alpha value is -3.30. The van der Waals surface area contributed by atoms with Gasteiger partial charge in [-0.05, 0) is 49.1 Å². The van der Waals surface area contributed by atoms with Crippen molar-refractivity contribution < 1.29 is 31.5 Å². The van der Waals surface area contributed by atoms with Gasteiger partial charge >= 0.3 is 6.18 Å². The van der Waals surface area contributed by atoms with Gasteiger partial charge in [0.25, 0.3) is 0 Å². The summed E-state index contributed by atoms with van der Waals surface area (Å²) in [6, 6.07) is 2.25. The summed E-state index contributed by atoms with van der Waals surface area (Å²) in [5, 5.41) is 18.7. The van der Waals surface area contributed by atoms with Gasteiger partial charge in [0.05, 0.1) is 42.7 Å². The van der Waals surface area contributed by atoms with Gasteiger partial charge in [0.1, 0.15) is 6.42 Å². The molecule has 0 aliphatic heterocycles. The van der Waals surface area contributed by atoms with Crippen LogP contribution in [0.15, 0.2) is 18.5 Å². The molecular formula is C25H29F5N6O2. The molecule has 0 saturated heterocycles. The standard InChI is InChI=1S/C25H29F5N6O2/c26-24(27)8-4-16(5-9-24)23(35-21(38)7-11-31)18-14-36-19(33-18)12-17(13-32-36)22(15-2-1-3-15)34-20(37)6-10-25(28,29)30/h12-16,22-23H,1-10H2,(H,34,37)(H,35,38)/t22-,23+/m1/s1. The topological polar surface area (TPSA) is 112 Å². The van der Waals surface area contributed by atoms with Crippen molar-refractivity contribution in [1.82, 2.24) is 25.2 Å². The number of carbonyl (C=O) groups excluding carboxylic acids is 2. The van der Waals surface area contributed by atoms with Crippen molar-refractivity contribution in [1.29, 1.82) is 5.26 Å². The first-order valence-corrected chi connectivity index (χ1v) is 12.7. The highest BCUT2D eigenvalue weighted by molar-refractivity contribution is 5.78. The number of rotatable bonds is 9. The number of aromatic nitrogens is 3. The molecule has 2 aliphatic carbocycles. The van der Waals surface area contributed by atoms with E-state index in [0.717, 1.165) is 19.3 Å². The number of nitriles is 1. The fourth-order valence-corrected chi connectivity index (χ4v) is 5.10. The second-order valence-corrected chi connectivity index (χ2v) is 10.2. The summed E-state index contributed by atoms with van der Waals surface area (Å²) < 4.78 is 66.7. The summed E-state index contributed by atoms with van der Waals surface area (Å²) in [6.07, 6.45) is -1.27. The minimum Gasteiger partial charge on any atom is -0.349 e. The maximum atomic E-state index is 13.8. The minimum atomic E-state index is -4.43. The van der Waals surface area contributed by atoms with Crippen LogP contribution >= 0.6 is 0 Å². The molecule has 38 heavy (non-hydrogen) atoms. The van der Waals surface area contributed by atoms with E-state index in [1.807, 2.05) is 0 Å². The van der Waals surface area contributed by atoms with Crippen LogP contribution in [0.5, 0.6) is 0 Å². The number of halogens is 5. The number of amides is 2. The summed E-state index contributed by atoms with van der Waals surface area (Å²) in [4.78, 5) is 29.1. The lowest BCUT2D eigenvalue weighted by Gasteiger charge is -2.34. The van der Waals surface area contributed by atoms with Crippen LogP contribution in [0.25, 0.3) is 5.65 Å². The smallest absolute Gasteiger partial charge is 0.349 e. The Balaban J connectivity index is 1.57. The molecule has 2 aliphatic rings. The summed E-state index contributed by atoms with van der Waals surface area (Å²) >= 11 is 0. The quantitative estimate of drug-likeness (QED) is 0.439. The van der Waals surface area contributed by atoms with E-state index in [4.69, 9.17) is 5.26 Å². The predicted molar refractivity (Wildman–Crippen MR) is 125 cm³/mol. The van der Waals surface area contributed by atoms with Crippen molar-refractivity contribution in [3.05, 3.63) is 29.7 Å². The second-order valence-electron chi connectivity index (χ2n) is 10.2. The van der Waals surface area contributed by atoms with Gasteiger partial charge < -0.3 is 10.6 Å². The lowest BCUT2D eigenvalue weighted by Crippen LogP contribution is -2.37. The molecule has 2 amide bonds. The number of imidazole rings is 1. The van der Waals surface area contributed by atoms with Crippen LogP contribution in [0.4, 0.5) is 22.0 Å². The highest BCUT2D eigenvalue weighted by Crippen LogP contribution is 2.42. The zero-order valence-corrected chi connectivity index (χ0v) is 20.6. The molecule has 13 heteroatoms. The Morgan fingerprint density at radius 3 is 2.37 bits per heavy atom. The van der Waals surface area contributed by atoms with E-state index >= 15 is 0 Å². The molecule has 2 saturated carbocycles. The zero-order valence-electron chi connectivity index (χ0n) is 20.6. The highest BCUT2D eigenvalue weighted by atomic mass is 19.4. The van der Waals surface area contributed by atoms with E-state index in [-0.39, 0.29) is 43.9 Å². The Bertz CT molecular complexity index is 1190. The number of hydrogen-bond donors (Lipinski definition) is 2. The van der Waals surface area contributed by atoms with Gasteiger partial charge in [0, 0.05) is 19.3 Å². The molecule has 0 radical (unpaired) electrons. The Morgan fingerprint density at radius 2 is 1.76 bits per heavy atom. The maximum absolute atomic E-state index is 13.8. The first-order valence-electron chi connectivity index (χ1n) is 12.7. The van der Waals surface area contributed by atoms with Gasteiger partial charge in [-0.25, -0.2) is 18.3 Å². The van der Waals surface area contributed by atoms with Crippen LogP contribution in [0.2, 0.25) is 0 Å². The third-order valence-electron chi connectivity index (χ3n) is 7.40. The van der Waals surface area contributed by atoms with Crippen LogP contribution in [-0.4, -0.2) is 38.5 Å². The summed E-state index contributed by atoms with van der Waals surface area (Å²) in [7, 11) is 0. The van der Waals surface area contributed by atoms with Crippen LogP contribution in [0, 0.1) is 23.2 Å². The highest BCUT2D eigenvalue weighted by Gasteiger charge is 2.39. The molecule has 2 N–H and O–H groups in total. The van der Waals surface area contributed by atoms with E-state index in [2.05, 4.69) is 20.7 Å². The van der Waals surface area contributed by atoms with Crippen LogP contribution in [-0.2, 0) is 9.59 Å². The van der Waals surface area contributed by atoms with E-state index < -0.39 is 48.8 Å². The van der Waals surface area contributed by atoms with Gasteiger partial charge in [0.2, 0.25) is 17.7 Å². The molecule has 2 aromatic heterocycles. The molecule has 0 aromatic carbocycles. The van der Waals surface area contributed by atoms with Gasteiger partial charge in [-0.2, -0.15) is 23.5 Å². The largest absolute Gasteiger partial charge is 0.389 e. The molecule has 2 heterocycles. The van der Waals surface area contributed by atoms with E-state index in [9.17, 15) is 31.5 Å². The lowest BCUT2D eigenvalue weighted by molar-refractivity contribution is -0.144. The average molecular weight is 541 g/mol. The number of fused-ring (bicyclic) bond motifs is 1. The molecule has 2 atom stereocenters. The lowest BCUT2D eigenvalue weighted by atomic mass is 9.77. The van der Waals surface area contributed by atoms with Crippen molar-refractivity contribution >= 4 is 17.5 Å². The molecular weight excluding hydrogens is 511 g/mol. The van der Waals surface area contributed by atoms with Gasteiger partial charge in [0.15, 0.2) is 5.65 Å². The second kappa shape index (κ2) is 11.2. The van der Waals surface area contributed by atoms with Gasteiger partial charge in [-0.1, -0.05) is 6.42 Å². The number of hydrogen-bond acceptors (Lipinski definition) is 5. The SMILES string of the molecule is N#CCC(=O)N[C@H](c1cn2ncc([C@H](NC(=O)CCC(F)(F)F)C3CCC3)cc2n1)C1CCC(F)(F)CC1.